The lowest BCUT2D eigenvalue weighted by atomic mass is 10.1. The standard InChI is InChI=1S/C10H8N2O3/c1-15-8-4-2-7(3-5-8)10(14)9(6-13)12-11/h2-6H,1H3. The molecule has 0 fully saturated rings. The summed E-state index contributed by atoms with van der Waals surface area (Å²) in [6, 6.07) is 6.12. The van der Waals surface area contributed by atoms with Crippen molar-refractivity contribution in [2.24, 2.45) is 0 Å². The third kappa shape index (κ3) is 2.36. The molecule has 5 heteroatoms. The van der Waals surface area contributed by atoms with Crippen LogP contribution in [-0.2, 0) is 4.79 Å². The highest BCUT2D eigenvalue weighted by atomic mass is 16.5. The van der Waals surface area contributed by atoms with E-state index in [1.807, 2.05) is 0 Å². The van der Waals surface area contributed by atoms with E-state index in [9.17, 15) is 9.59 Å². The van der Waals surface area contributed by atoms with Gasteiger partial charge in [-0.1, -0.05) is 0 Å². The first-order chi connectivity index (χ1) is 7.22. The molecular formula is C10H8N2O3. The van der Waals surface area contributed by atoms with Crippen LogP contribution in [0.3, 0.4) is 0 Å². The molecule has 0 saturated heterocycles. The van der Waals surface area contributed by atoms with Crippen molar-refractivity contribution in [3.8, 4) is 5.75 Å². The van der Waals surface area contributed by atoms with Crippen molar-refractivity contribution in [2.75, 3.05) is 7.11 Å². The zero-order chi connectivity index (χ0) is 11.3. The average Bonchev–Trinajstić information content (AvgIpc) is 2.30. The summed E-state index contributed by atoms with van der Waals surface area (Å²) >= 11 is 0. The molecule has 15 heavy (non-hydrogen) atoms. The van der Waals surface area contributed by atoms with Gasteiger partial charge < -0.3 is 10.3 Å². The number of ketones is 1. The van der Waals surface area contributed by atoms with E-state index in [4.69, 9.17) is 10.3 Å². The number of nitrogens with zero attached hydrogens (tertiary/aromatic N) is 2. The molecule has 0 aromatic heterocycles. The van der Waals surface area contributed by atoms with Crippen molar-refractivity contribution in [1.82, 2.24) is 0 Å². The zero-order valence-electron chi connectivity index (χ0n) is 8.01. The molecule has 1 rings (SSSR count). The van der Waals surface area contributed by atoms with Crippen LogP contribution >= 0.6 is 0 Å². The molecule has 0 spiro atoms. The van der Waals surface area contributed by atoms with E-state index in [1.54, 1.807) is 12.1 Å². The number of carbonyl (C=O) groups is 2. The maximum Gasteiger partial charge on any atom is 0.401 e. The largest absolute Gasteiger partial charge is 0.497 e. The van der Waals surface area contributed by atoms with Crippen molar-refractivity contribution >= 4 is 17.8 Å². The van der Waals surface area contributed by atoms with Crippen molar-refractivity contribution in [2.45, 2.75) is 0 Å². The van der Waals surface area contributed by atoms with Crippen LogP contribution in [0.2, 0.25) is 0 Å². The molecule has 0 saturated carbocycles. The Labute approximate surface area is 85.9 Å². The second kappa shape index (κ2) is 4.83. The Morgan fingerprint density at radius 3 is 2.40 bits per heavy atom. The fourth-order valence-electron chi connectivity index (χ4n) is 1.01. The van der Waals surface area contributed by atoms with Gasteiger partial charge in [-0.2, -0.15) is 4.79 Å². The van der Waals surface area contributed by atoms with Gasteiger partial charge in [0.05, 0.1) is 7.11 Å². The molecule has 0 aliphatic rings. The van der Waals surface area contributed by atoms with Crippen LogP contribution in [-0.4, -0.2) is 29.7 Å². The van der Waals surface area contributed by atoms with E-state index in [0.29, 0.717) is 5.75 Å². The quantitative estimate of drug-likeness (QED) is 0.181. The normalized spacial score (nSPS) is 8.87. The number of Topliss-reactive ketones (excluding diaryl/α,β-unsaturated/α-hetero) is 1. The number of ether oxygens (including phenoxy) is 1. The van der Waals surface area contributed by atoms with E-state index in [1.165, 1.54) is 19.2 Å². The van der Waals surface area contributed by atoms with Crippen LogP contribution < -0.4 is 4.74 Å². The average molecular weight is 204 g/mol. The molecule has 1 aromatic carbocycles. The molecule has 1 aromatic rings. The van der Waals surface area contributed by atoms with Crippen LogP contribution in [0.1, 0.15) is 10.4 Å². The highest BCUT2D eigenvalue weighted by Gasteiger charge is 2.20. The second-order valence-electron chi connectivity index (χ2n) is 2.66. The topological polar surface area (TPSA) is 79.8 Å². The molecule has 76 valence electrons. The Morgan fingerprint density at radius 1 is 1.40 bits per heavy atom. The number of aldehydes is 1. The summed E-state index contributed by atoms with van der Waals surface area (Å²) in [6.45, 7) is 0. The van der Waals surface area contributed by atoms with Crippen LogP contribution in [0.5, 0.6) is 5.75 Å². The van der Waals surface area contributed by atoms with Gasteiger partial charge in [-0.15, -0.1) is 0 Å². The lowest BCUT2D eigenvalue weighted by Crippen LogP contribution is -2.16. The van der Waals surface area contributed by atoms with Gasteiger partial charge in [0.15, 0.2) is 0 Å². The number of rotatable bonds is 4. The maximum absolute atomic E-state index is 11.4. The Balaban J connectivity index is 3.02. The Morgan fingerprint density at radius 2 is 2.00 bits per heavy atom. The van der Waals surface area contributed by atoms with Crippen molar-refractivity contribution < 1.29 is 19.1 Å². The number of carbonyl (C=O) groups excluding carboxylic acids is 2. The fourth-order valence-corrected chi connectivity index (χ4v) is 1.01. The third-order valence-corrected chi connectivity index (χ3v) is 1.80. The first-order valence-electron chi connectivity index (χ1n) is 4.09. The first kappa shape index (κ1) is 10.8. The van der Waals surface area contributed by atoms with Gasteiger partial charge in [0.25, 0.3) is 5.78 Å². The summed E-state index contributed by atoms with van der Waals surface area (Å²) < 4.78 is 4.90. The van der Waals surface area contributed by atoms with Gasteiger partial charge in [-0.05, 0) is 24.3 Å². The lowest BCUT2D eigenvalue weighted by molar-refractivity contribution is -0.106. The van der Waals surface area contributed by atoms with Crippen molar-refractivity contribution in [3.63, 3.8) is 0 Å². The first-order valence-corrected chi connectivity index (χ1v) is 4.09. The highest BCUT2D eigenvalue weighted by Crippen LogP contribution is 2.11. The molecule has 0 radical (unpaired) electrons. The maximum atomic E-state index is 11.4. The molecule has 0 aliphatic carbocycles. The Hall–Kier alpha value is -2.26. The van der Waals surface area contributed by atoms with Crippen molar-refractivity contribution in [3.05, 3.63) is 35.4 Å². The van der Waals surface area contributed by atoms with Gasteiger partial charge in [-0.25, -0.2) is 0 Å². The van der Waals surface area contributed by atoms with Crippen molar-refractivity contribution in [1.29, 1.82) is 0 Å². The third-order valence-electron chi connectivity index (χ3n) is 1.80. The summed E-state index contributed by atoms with van der Waals surface area (Å²) in [5.41, 5.74) is 8.10. The molecule has 0 amide bonds. The van der Waals surface area contributed by atoms with Crippen LogP contribution in [0.15, 0.2) is 24.3 Å². The van der Waals surface area contributed by atoms with Gasteiger partial charge in [0.2, 0.25) is 6.29 Å². The Bertz CT molecular complexity index is 430. The molecule has 0 bridgehead atoms. The van der Waals surface area contributed by atoms with Crippen LogP contribution in [0.4, 0.5) is 0 Å². The molecule has 0 aliphatic heterocycles. The molecular weight excluding hydrogens is 196 g/mol. The number of hydrogen-bond donors (Lipinski definition) is 0. The van der Waals surface area contributed by atoms with Gasteiger partial charge in [0.1, 0.15) is 5.75 Å². The number of benzene rings is 1. The number of hydrogen-bond acceptors (Lipinski definition) is 3. The summed E-state index contributed by atoms with van der Waals surface area (Å²) in [5.74, 6) is -0.0321. The van der Waals surface area contributed by atoms with Crippen LogP contribution in [0.25, 0.3) is 5.53 Å². The monoisotopic (exact) mass is 204 g/mol. The minimum Gasteiger partial charge on any atom is -0.497 e. The molecule has 0 unspecified atom stereocenters. The number of methoxy groups -OCH3 is 1. The molecule has 0 N–H and O–H groups in total. The predicted molar refractivity (Wildman–Crippen MR) is 52.0 cm³/mol. The van der Waals surface area contributed by atoms with Crippen LogP contribution in [0, 0.1) is 0 Å². The minimum atomic E-state index is -0.629. The Kier molecular flexibility index (Phi) is 3.49. The SMILES string of the molecule is COc1ccc(C(=O)C(C=O)=[N+]=[N-])cc1. The summed E-state index contributed by atoms with van der Waals surface area (Å²) in [5, 5.41) is 0. The van der Waals surface area contributed by atoms with Gasteiger partial charge in [0, 0.05) is 5.56 Å². The zero-order valence-corrected chi connectivity index (χ0v) is 8.01. The summed E-state index contributed by atoms with van der Waals surface area (Å²) in [6.07, 6.45) is 0.201. The predicted octanol–water partition coefficient (Wildman–Crippen LogP) is 0.748. The molecule has 0 atom stereocenters. The fraction of sp³-hybridized carbons (Fsp3) is 0.100. The minimum absolute atomic E-state index is 0.201. The van der Waals surface area contributed by atoms with E-state index in [2.05, 4.69) is 4.79 Å². The molecule has 0 heterocycles. The molecule has 5 nitrogen and oxygen atoms in total. The second-order valence-corrected chi connectivity index (χ2v) is 2.66. The summed E-state index contributed by atoms with van der Waals surface area (Å²) in [7, 11) is 1.50. The van der Waals surface area contributed by atoms with E-state index < -0.39 is 11.5 Å². The van der Waals surface area contributed by atoms with Gasteiger partial charge >= 0.3 is 5.71 Å². The van der Waals surface area contributed by atoms with E-state index >= 15 is 0 Å². The highest BCUT2D eigenvalue weighted by molar-refractivity contribution is 6.61. The van der Waals surface area contributed by atoms with E-state index in [-0.39, 0.29) is 11.8 Å². The summed E-state index contributed by atoms with van der Waals surface area (Å²) in [4.78, 5) is 24.4. The van der Waals surface area contributed by atoms with E-state index in [0.717, 1.165) is 0 Å². The lowest BCUT2D eigenvalue weighted by Gasteiger charge is -1.98. The van der Waals surface area contributed by atoms with Gasteiger partial charge in [-0.3, -0.25) is 9.59 Å². The smallest absolute Gasteiger partial charge is 0.401 e.